The minimum atomic E-state index is -2.33. The lowest BCUT2D eigenvalue weighted by Gasteiger charge is -2.46. The molecule has 0 N–H and O–H groups in total. The normalized spacial score (nSPS) is 27.1. The highest BCUT2D eigenvalue weighted by molar-refractivity contribution is 6.74. The largest absolute Gasteiger partial charge is 0.411 e. The van der Waals surface area contributed by atoms with Crippen LogP contribution in [0.15, 0.2) is 24.3 Å². The lowest BCUT2D eigenvalue weighted by atomic mass is 9.96. The van der Waals surface area contributed by atoms with Crippen LogP contribution in [-0.2, 0) is 37.4 Å². The van der Waals surface area contributed by atoms with Crippen LogP contribution in [-0.4, -0.2) is 79.4 Å². The Labute approximate surface area is 231 Å². The molecule has 0 unspecified atom stereocenters. The van der Waals surface area contributed by atoms with Gasteiger partial charge in [-0.3, -0.25) is 9.59 Å². The fraction of sp³-hybridized carbons (Fsp3) is 0.786. The molecule has 0 amide bonds. The number of ketones is 2. The van der Waals surface area contributed by atoms with Gasteiger partial charge in [-0.05, 0) is 60.6 Å². The Morgan fingerprint density at radius 2 is 1.03 bits per heavy atom. The van der Waals surface area contributed by atoms with Crippen molar-refractivity contribution in [3.05, 3.63) is 24.3 Å². The molecule has 0 aromatic rings. The second kappa shape index (κ2) is 12.7. The summed E-state index contributed by atoms with van der Waals surface area (Å²) < 4.78 is 36.6. The van der Waals surface area contributed by atoms with Crippen molar-refractivity contribution >= 4 is 28.2 Å². The van der Waals surface area contributed by atoms with E-state index in [1.54, 1.807) is 26.4 Å². The Bertz CT molecular complexity index is 812. The summed E-state index contributed by atoms with van der Waals surface area (Å²) >= 11 is 0. The predicted octanol–water partition coefficient (Wildman–Crippen LogP) is 5.54. The van der Waals surface area contributed by atoms with Crippen LogP contribution in [0.4, 0.5) is 0 Å². The maximum Gasteiger partial charge on any atom is 0.192 e. The van der Waals surface area contributed by atoms with E-state index in [0.717, 1.165) is 0 Å². The molecule has 0 aromatic carbocycles. The summed E-state index contributed by atoms with van der Waals surface area (Å²) in [6.07, 6.45) is 3.06. The summed E-state index contributed by atoms with van der Waals surface area (Å²) in [6.45, 7) is 21.8. The lowest BCUT2D eigenvalue weighted by Crippen LogP contribution is -2.54. The summed E-state index contributed by atoms with van der Waals surface area (Å²) in [7, 11) is -1.58. The van der Waals surface area contributed by atoms with Crippen molar-refractivity contribution in [1.29, 1.82) is 0 Å². The van der Waals surface area contributed by atoms with E-state index in [4.69, 9.17) is 27.8 Å². The molecule has 0 saturated carbocycles. The molecule has 0 bridgehead atoms. The van der Waals surface area contributed by atoms with Gasteiger partial charge in [0.2, 0.25) is 0 Å². The monoisotopic (exact) mass is 570 g/mol. The molecule has 2 rings (SSSR count). The highest BCUT2D eigenvalue weighted by Crippen LogP contribution is 2.42. The molecule has 8 nitrogen and oxygen atoms in total. The molecule has 0 spiro atoms. The summed E-state index contributed by atoms with van der Waals surface area (Å²) in [5.74, 6) is -0.277. The number of hydrogen-bond acceptors (Lipinski definition) is 8. The van der Waals surface area contributed by atoms with Crippen LogP contribution in [0.1, 0.15) is 54.4 Å². The Balaban J connectivity index is 2.52. The maximum absolute atomic E-state index is 12.9. The second-order valence-corrected chi connectivity index (χ2v) is 22.8. The summed E-state index contributed by atoms with van der Waals surface area (Å²) in [5.41, 5.74) is 0. The van der Waals surface area contributed by atoms with Crippen LogP contribution in [0.3, 0.4) is 0 Å². The zero-order chi connectivity index (χ0) is 29.1. The topological polar surface area (TPSA) is 89.5 Å². The zero-order valence-corrected chi connectivity index (χ0v) is 27.5. The Morgan fingerprint density at radius 1 is 0.711 bits per heavy atom. The zero-order valence-electron chi connectivity index (χ0n) is 25.5. The van der Waals surface area contributed by atoms with Crippen LogP contribution in [0, 0.1) is 0 Å². The predicted molar refractivity (Wildman–Crippen MR) is 153 cm³/mol. The van der Waals surface area contributed by atoms with Gasteiger partial charge in [0.25, 0.3) is 0 Å². The Morgan fingerprint density at radius 3 is 1.29 bits per heavy atom. The van der Waals surface area contributed by atoms with Gasteiger partial charge in [0, 0.05) is 27.1 Å². The van der Waals surface area contributed by atoms with E-state index in [9.17, 15) is 9.59 Å². The molecule has 2 aliphatic heterocycles. The number of methoxy groups -OCH3 is 2. The van der Waals surface area contributed by atoms with Crippen molar-refractivity contribution in [3.63, 3.8) is 0 Å². The van der Waals surface area contributed by atoms with E-state index in [0.29, 0.717) is 0 Å². The fourth-order valence-corrected chi connectivity index (χ4v) is 6.52. The molecule has 6 atom stereocenters. The van der Waals surface area contributed by atoms with Crippen molar-refractivity contribution in [2.75, 3.05) is 14.2 Å². The third-order valence-corrected chi connectivity index (χ3v) is 17.4. The molecule has 2 heterocycles. The number of rotatable bonds is 11. The summed E-state index contributed by atoms with van der Waals surface area (Å²) in [6, 6.07) is 0. The van der Waals surface area contributed by atoms with Gasteiger partial charge >= 0.3 is 0 Å². The van der Waals surface area contributed by atoms with Crippen molar-refractivity contribution in [2.45, 2.75) is 128 Å². The van der Waals surface area contributed by atoms with E-state index >= 15 is 0 Å². The molecule has 10 heteroatoms. The molecule has 0 radical (unpaired) electrons. The molecular formula is C28H50O8Si2. The average Bonchev–Trinajstić information content (AvgIpc) is 2.79. The standard InChI is InChI=1S/C28H50O8Si2/c1-27(2,3)37(9,10)35-23(17-21-19(29)13-15-25(31-7)33-21)24(36-38(11,12)28(4,5)6)18-22-20(30)14-16-26(32-8)34-22/h13-16,21-26H,17-18H2,1-12H3/t21-,22-,23-,24-,25-,26+/m1/s1. The number of carbonyl (C=O) groups is 2. The molecule has 0 aliphatic carbocycles. The third kappa shape index (κ3) is 8.51. The van der Waals surface area contributed by atoms with Crippen LogP contribution < -0.4 is 0 Å². The van der Waals surface area contributed by atoms with Gasteiger partial charge < -0.3 is 27.8 Å². The first kappa shape index (κ1) is 33.2. The highest BCUT2D eigenvalue weighted by Gasteiger charge is 2.47. The molecule has 2 aliphatic rings. The molecule has 218 valence electrons. The van der Waals surface area contributed by atoms with E-state index in [1.165, 1.54) is 12.2 Å². The molecule has 38 heavy (non-hydrogen) atoms. The maximum atomic E-state index is 12.9. The highest BCUT2D eigenvalue weighted by atomic mass is 28.4. The Kier molecular flexibility index (Phi) is 11.1. The number of carbonyl (C=O) groups excluding carboxylic acids is 2. The molecule has 0 aromatic heterocycles. The van der Waals surface area contributed by atoms with E-state index in [1.807, 2.05) is 0 Å². The first-order chi connectivity index (χ1) is 17.3. The first-order valence-electron chi connectivity index (χ1n) is 13.5. The van der Waals surface area contributed by atoms with E-state index < -0.39 is 53.6 Å². The first-order valence-corrected chi connectivity index (χ1v) is 19.3. The third-order valence-electron chi connectivity index (χ3n) is 8.34. The van der Waals surface area contributed by atoms with Crippen molar-refractivity contribution in [1.82, 2.24) is 0 Å². The van der Waals surface area contributed by atoms with Gasteiger partial charge in [-0.25, -0.2) is 0 Å². The second-order valence-electron chi connectivity index (χ2n) is 13.3. The van der Waals surface area contributed by atoms with E-state index in [-0.39, 0.29) is 34.5 Å². The van der Waals surface area contributed by atoms with Gasteiger partial charge in [0.1, 0.15) is 12.2 Å². The quantitative estimate of drug-likeness (QED) is 0.299. The van der Waals surface area contributed by atoms with Gasteiger partial charge in [-0.15, -0.1) is 0 Å². The number of hydrogen-bond donors (Lipinski definition) is 0. The van der Waals surface area contributed by atoms with Crippen LogP contribution in [0.5, 0.6) is 0 Å². The van der Waals surface area contributed by atoms with Gasteiger partial charge in [-0.1, -0.05) is 41.5 Å². The SMILES string of the molecule is CO[C@H]1C=CC(=O)[C@@H](C[C@@H](O[Si](C)(C)C(C)(C)C)[C@@H](C[C@H]2O[C@H](OC)C=CC2=O)O[Si](C)(C)C(C)(C)C)O1. The van der Waals surface area contributed by atoms with Gasteiger partial charge in [-0.2, -0.15) is 0 Å². The fourth-order valence-electron chi connectivity index (χ4n) is 3.81. The van der Waals surface area contributed by atoms with Gasteiger partial charge in [0.15, 0.2) is 40.8 Å². The number of ether oxygens (including phenoxy) is 4. The summed E-state index contributed by atoms with van der Waals surface area (Å²) in [4.78, 5) is 25.8. The lowest BCUT2D eigenvalue weighted by molar-refractivity contribution is -0.167. The molecular weight excluding hydrogens is 520 g/mol. The van der Waals surface area contributed by atoms with E-state index in [2.05, 4.69) is 67.7 Å². The van der Waals surface area contributed by atoms with Crippen LogP contribution >= 0.6 is 0 Å². The minimum Gasteiger partial charge on any atom is -0.411 e. The average molecular weight is 571 g/mol. The molecule has 0 saturated heterocycles. The van der Waals surface area contributed by atoms with Crippen molar-refractivity contribution in [3.8, 4) is 0 Å². The van der Waals surface area contributed by atoms with Crippen LogP contribution in [0.25, 0.3) is 0 Å². The smallest absolute Gasteiger partial charge is 0.192 e. The van der Waals surface area contributed by atoms with Gasteiger partial charge in [0.05, 0.1) is 12.2 Å². The van der Waals surface area contributed by atoms with Crippen molar-refractivity contribution in [2.24, 2.45) is 0 Å². The summed E-state index contributed by atoms with van der Waals surface area (Å²) in [5, 5.41) is -0.166. The van der Waals surface area contributed by atoms with Crippen LogP contribution in [0.2, 0.25) is 36.3 Å². The molecule has 0 fully saturated rings. The minimum absolute atomic E-state index is 0.0831. The van der Waals surface area contributed by atoms with Crippen molar-refractivity contribution < 1.29 is 37.4 Å². The Hall–Kier alpha value is -0.986.